The Labute approximate surface area is 143 Å². The van der Waals surface area contributed by atoms with Gasteiger partial charge in [-0.2, -0.15) is 5.10 Å². The topological polar surface area (TPSA) is 62.7 Å². The molecule has 5 nitrogen and oxygen atoms in total. The van der Waals surface area contributed by atoms with Crippen LogP contribution in [0.15, 0.2) is 58.1 Å². The number of hydrogen-bond acceptors (Lipinski definition) is 4. The van der Waals surface area contributed by atoms with Crippen molar-refractivity contribution in [3.8, 4) is 5.75 Å². The van der Waals surface area contributed by atoms with Crippen molar-refractivity contribution in [3.63, 3.8) is 0 Å². The van der Waals surface area contributed by atoms with Crippen LogP contribution in [0.1, 0.15) is 5.56 Å². The number of amides is 1. The summed E-state index contributed by atoms with van der Waals surface area (Å²) in [4.78, 5) is 11.7. The number of nitrogens with one attached hydrogen (secondary N) is 2. The summed E-state index contributed by atoms with van der Waals surface area (Å²) in [6.45, 7) is 0.168. The molecule has 2 aromatic carbocycles. The van der Waals surface area contributed by atoms with E-state index >= 15 is 0 Å². The number of anilines is 1. The molecule has 0 aromatic heterocycles. The number of benzene rings is 2. The minimum Gasteiger partial charge on any atom is -0.496 e. The third-order valence-electron chi connectivity index (χ3n) is 3.06. The molecule has 0 heterocycles. The number of carbonyl (C=O) groups excluding carboxylic acids is 1. The molecule has 0 spiro atoms. The average Bonchev–Trinajstić information content (AvgIpc) is 2.58. The Bertz CT molecular complexity index is 675. The SMILES string of the molecule is COc1ccc(Br)cc1C/C=N/NC(=O)CNc1ccccc1. The summed E-state index contributed by atoms with van der Waals surface area (Å²) in [5.41, 5.74) is 4.37. The van der Waals surface area contributed by atoms with Crippen molar-refractivity contribution in [2.45, 2.75) is 6.42 Å². The van der Waals surface area contributed by atoms with Gasteiger partial charge in [-0.1, -0.05) is 34.1 Å². The predicted molar refractivity (Wildman–Crippen MR) is 96.0 cm³/mol. The first-order chi connectivity index (χ1) is 11.2. The molecule has 23 heavy (non-hydrogen) atoms. The molecule has 0 bridgehead atoms. The highest BCUT2D eigenvalue weighted by molar-refractivity contribution is 9.10. The lowest BCUT2D eigenvalue weighted by atomic mass is 10.1. The molecule has 0 aliphatic carbocycles. The minimum atomic E-state index is -0.202. The van der Waals surface area contributed by atoms with Crippen LogP contribution in [0.25, 0.3) is 0 Å². The lowest BCUT2D eigenvalue weighted by Gasteiger charge is -2.06. The van der Waals surface area contributed by atoms with Crippen LogP contribution in [0.3, 0.4) is 0 Å². The third kappa shape index (κ3) is 5.75. The molecule has 120 valence electrons. The van der Waals surface area contributed by atoms with E-state index in [2.05, 4.69) is 31.8 Å². The summed E-state index contributed by atoms with van der Waals surface area (Å²) in [7, 11) is 1.63. The van der Waals surface area contributed by atoms with Gasteiger partial charge in [0.25, 0.3) is 5.91 Å². The molecule has 0 saturated carbocycles. The van der Waals surface area contributed by atoms with Crippen LogP contribution in [-0.4, -0.2) is 25.8 Å². The molecule has 2 N–H and O–H groups in total. The molecule has 1 amide bonds. The van der Waals surface area contributed by atoms with Crippen LogP contribution in [-0.2, 0) is 11.2 Å². The number of nitrogens with zero attached hydrogens (tertiary/aromatic N) is 1. The first-order valence-electron chi connectivity index (χ1n) is 7.10. The van der Waals surface area contributed by atoms with Gasteiger partial charge < -0.3 is 10.1 Å². The number of hydrazone groups is 1. The third-order valence-corrected chi connectivity index (χ3v) is 3.55. The van der Waals surface area contributed by atoms with Gasteiger partial charge in [0.05, 0.1) is 13.7 Å². The fourth-order valence-electron chi connectivity index (χ4n) is 1.95. The van der Waals surface area contributed by atoms with E-state index in [4.69, 9.17) is 4.74 Å². The van der Waals surface area contributed by atoms with Gasteiger partial charge in [-0.05, 0) is 30.3 Å². The molecule has 0 aliphatic rings. The van der Waals surface area contributed by atoms with Crippen molar-refractivity contribution in [3.05, 3.63) is 58.6 Å². The maximum atomic E-state index is 11.7. The second-order valence-corrected chi connectivity index (χ2v) is 5.64. The van der Waals surface area contributed by atoms with Gasteiger partial charge in [-0.25, -0.2) is 5.43 Å². The lowest BCUT2D eigenvalue weighted by molar-refractivity contribution is -0.119. The van der Waals surface area contributed by atoms with Crippen molar-refractivity contribution in [1.82, 2.24) is 5.43 Å². The first kappa shape index (κ1) is 17.0. The number of rotatable bonds is 7. The second kappa shape index (κ2) is 8.95. The van der Waals surface area contributed by atoms with E-state index in [0.717, 1.165) is 21.5 Å². The number of para-hydroxylation sites is 1. The predicted octanol–water partition coefficient (Wildman–Crippen LogP) is 3.21. The van der Waals surface area contributed by atoms with Crippen molar-refractivity contribution in [2.75, 3.05) is 19.0 Å². The van der Waals surface area contributed by atoms with Gasteiger partial charge in [-0.3, -0.25) is 4.79 Å². The summed E-state index contributed by atoms with van der Waals surface area (Å²) in [5.74, 6) is 0.586. The Morgan fingerprint density at radius 2 is 2.04 bits per heavy atom. The maximum Gasteiger partial charge on any atom is 0.259 e. The van der Waals surface area contributed by atoms with E-state index in [-0.39, 0.29) is 12.5 Å². The molecule has 6 heteroatoms. The number of halogens is 1. The average molecular weight is 376 g/mol. The lowest BCUT2D eigenvalue weighted by Crippen LogP contribution is -2.25. The molecule has 0 fully saturated rings. The highest BCUT2D eigenvalue weighted by atomic mass is 79.9. The largest absolute Gasteiger partial charge is 0.496 e. The Hall–Kier alpha value is -2.34. The highest BCUT2D eigenvalue weighted by Crippen LogP contribution is 2.22. The van der Waals surface area contributed by atoms with Gasteiger partial charge >= 0.3 is 0 Å². The summed E-state index contributed by atoms with van der Waals surface area (Å²) >= 11 is 3.42. The summed E-state index contributed by atoms with van der Waals surface area (Å²) < 4.78 is 6.26. The fraction of sp³-hybridized carbons (Fsp3) is 0.176. The van der Waals surface area contributed by atoms with Gasteiger partial charge in [0, 0.05) is 28.4 Å². The number of hydrogen-bond donors (Lipinski definition) is 2. The van der Waals surface area contributed by atoms with Crippen LogP contribution in [0.4, 0.5) is 5.69 Å². The van der Waals surface area contributed by atoms with Crippen molar-refractivity contribution >= 4 is 33.7 Å². The summed E-state index contributed by atoms with van der Waals surface area (Å²) in [6, 6.07) is 15.3. The van der Waals surface area contributed by atoms with Crippen molar-refractivity contribution in [2.24, 2.45) is 5.10 Å². The molecule has 0 radical (unpaired) electrons. The molecule has 0 atom stereocenters. The van der Waals surface area contributed by atoms with E-state index in [1.807, 2.05) is 48.5 Å². The molecule has 0 saturated heterocycles. The number of carbonyl (C=O) groups is 1. The van der Waals surface area contributed by atoms with E-state index in [1.165, 1.54) is 0 Å². The summed E-state index contributed by atoms with van der Waals surface area (Å²) in [6.07, 6.45) is 2.21. The van der Waals surface area contributed by atoms with Crippen LogP contribution >= 0.6 is 15.9 Å². The molecule has 0 unspecified atom stereocenters. The van der Waals surface area contributed by atoms with Gasteiger partial charge in [0.2, 0.25) is 0 Å². The molecular formula is C17H18BrN3O2. The smallest absolute Gasteiger partial charge is 0.259 e. The van der Waals surface area contributed by atoms with E-state index in [0.29, 0.717) is 6.42 Å². The second-order valence-electron chi connectivity index (χ2n) is 4.73. The monoisotopic (exact) mass is 375 g/mol. The molecule has 2 rings (SSSR count). The van der Waals surface area contributed by atoms with Crippen LogP contribution in [0.5, 0.6) is 5.75 Å². The normalized spacial score (nSPS) is 10.5. The molecular weight excluding hydrogens is 358 g/mol. The van der Waals surface area contributed by atoms with E-state index in [1.54, 1.807) is 13.3 Å². The molecule has 0 aliphatic heterocycles. The van der Waals surface area contributed by atoms with Crippen LogP contribution in [0, 0.1) is 0 Å². The van der Waals surface area contributed by atoms with Crippen LogP contribution in [0.2, 0.25) is 0 Å². The minimum absolute atomic E-state index is 0.168. The Kier molecular flexibility index (Phi) is 6.62. The zero-order valence-corrected chi connectivity index (χ0v) is 14.3. The molecule has 2 aromatic rings. The van der Waals surface area contributed by atoms with E-state index in [9.17, 15) is 4.79 Å². The Morgan fingerprint density at radius 1 is 1.26 bits per heavy atom. The Morgan fingerprint density at radius 3 is 2.78 bits per heavy atom. The Balaban J connectivity index is 1.78. The fourth-order valence-corrected chi connectivity index (χ4v) is 2.35. The zero-order chi connectivity index (χ0) is 16.5. The maximum absolute atomic E-state index is 11.7. The zero-order valence-electron chi connectivity index (χ0n) is 12.8. The number of ether oxygens (including phenoxy) is 1. The quantitative estimate of drug-likeness (QED) is 0.576. The van der Waals surface area contributed by atoms with Crippen molar-refractivity contribution < 1.29 is 9.53 Å². The summed E-state index contributed by atoms with van der Waals surface area (Å²) in [5, 5.41) is 6.97. The first-order valence-corrected chi connectivity index (χ1v) is 7.90. The highest BCUT2D eigenvalue weighted by Gasteiger charge is 2.02. The van der Waals surface area contributed by atoms with Gasteiger partial charge in [0.15, 0.2) is 0 Å². The van der Waals surface area contributed by atoms with Gasteiger partial charge in [0.1, 0.15) is 5.75 Å². The standard InChI is InChI=1S/C17H18BrN3O2/c1-23-16-8-7-14(18)11-13(16)9-10-20-21-17(22)12-19-15-5-3-2-4-6-15/h2-8,10-11,19H,9,12H2,1H3,(H,21,22)/b20-10+. The van der Waals surface area contributed by atoms with E-state index < -0.39 is 0 Å². The number of methoxy groups -OCH3 is 1. The van der Waals surface area contributed by atoms with Gasteiger partial charge in [-0.15, -0.1) is 0 Å². The van der Waals surface area contributed by atoms with Crippen LogP contribution < -0.4 is 15.5 Å². The van der Waals surface area contributed by atoms with Crippen molar-refractivity contribution in [1.29, 1.82) is 0 Å².